The van der Waals surface area contributed by atoms with E-state index in [-0.39, 0.29) is 32.9 Å². The number of nitrogens with zero attached hydrogens (tertiary/aromatic N) is 1. The molecular weight excluding hydrogens is 371 g/mol. The lowest BCUT2D eigenvalue weighted by atomic mass is 10.2. The van der Waals surface area contributed by atoms with Gasteiger partial charge in [-0.05, 0) is 25.1 Å². The highest BCUT2D eigenvalue weighted by Gasteiger charge is 2.21. The minimum Gasteiger partial charge on any atom is -0.493 e. The third kappa shape index (κ3) is 4.52. The first-order valence-electron chi connectivity index (χ1n) is 7.07. The molecule has 0 fully saturated rings. The number of carbonyl (C=O) groups is 1. The number of methoxy groups -OCH3 is 1. The number of nitrogens with one attached hydrogen (secondary N) is 1. The van der Waals surface area contributed by atoms with Crippen molar-refractivity contribution in [2.45, 2.75) is 13.0 Å². The summed E-state index contributed by atoms with van der Waals surface area (Å²) in [7, 11) is 1.39. The number of carbonyl (C=O) groups excluding carboxylic acids is 1. The monoisotopic (exact) mass is 384 g/mol. The van der Waals surface area contributed by atoms with E-state index in [1.807, 2.05) is 0 Å². The Hall–Kier alpha value is -2.51. The lowest BCUT2D eigenvalue weighted by Gasteiger charge is -2.17. The summed E-state index contributed by atoms with van der Waals surface area (Å²) in [5.41, 5.74) is 0.0786. The van der Waals surface area contributed by atoms with Crippen molar-refractivity contribution < 1.29 is 19.2 Å². The average molecular weight is 385 g/mol. The molecule has 0 heterocycles. The molecule has 0 aliphatic carbocycles. The Morgan fingerprint density at radius 3 is 2.40 bits per heavy atom. The van der Waals surface area contributed by atoms with Crippen LogP contribution in [0.2, 0.25) is 10.0 Å². The van der Waals surface area contributed by atoms with Crippen molar-refractivity contribution >= 4 is 40.5 Å². The smallest absolute Gasteiger partial charge is 0.273 e. The van der Waals surface area contributed by atoms with Crippen molar-refractivity contribution in [2.75, 3.05) is 12.4 Å². The van der Waals surface area contributed by atoms with Crippen LogP contribution in [0.3, 0.4) is 0 Å². The second-order valence-corrected chi connectivity index (χ2v) is 5.75. The molecule has 1 amide bonds. The Labute approximate surface area is 153 Å². The molecule has 0 bridgehead atoms. The van der Waals surface area contributed by atoms with Gasteiger partial charge in [0.05, 0.1) is 33.8 Å². The summed E-state index contributed by atoms with van der Waals surface area (Å²) < 4.78 is 10.6. The van der Waals surface area contributed by atoms with Gasteiger partial charge in [0.15, 0.2) is 17.6 Å². The predicted octanol–water partition coefficient (Wildman–Crippen LogP) is 4.32. The van der Waals surface area contributed by atoms with Gasteiger partial charge >= 0.3 is 0 Å². The number of para-hydroxylation sites is 1. The number of ether oxygens (including phenoxy) is 2. The third-order valence-electron chi connectivity index (χ3n) is 3.24. The van der Waals surface area contributed by atoms with Crippen LogP contribution in [0.15, 0.2) is 36.4 Å². The number of hydrogen-bond donors (Lipinski definition) is 1. The summed E-state index contributed by atoms with van der Waals surface area (Å²) >= 11 is 12.0. The van der Waals surface area contributed by atoms with Crippen molar-refractivity contribution in [1.29, 1.82) is 0 Å². The van der Waals surface area contributed by atoms with E-state index >= 15 is 0 Å². The fourth-order valence-electron chi connectivity index (χ4n) is 1.96. The minimum atomic E-state index is -0.983. The molecule has 25 heavy (non-hydrogen) atoms. The SMILES string of the molecule is COc1ccc([N+](=O)[O-])cc1O[C@@H](C)C(=O)Nc1c(Cl)cccc1Cl. The van der Waals surface area contributed by atoms with Gasteiger partial charge in [-0.3, -0.25) is 14.9 Å². The van der Waals surface area contributed by atoms with Crippen molar-refractivity contribution in [3.63, 3.8) is 0 Å². The van der Waals surface area contributed by atoms with Gasteiger partial charge in [-0.15, -0.1) is 0 Å². The van der Waals surface area contributed by atoms with E-state index in [4.69, 9.17) is 32.7 Å². The number of anilines is 1. The van der Waals surface area contributed by atoms with E-state index in [2.05, 4.69) is 5.32 Å². The van der Waals surface area contributed by atoms with Crippen LogP contribution >= 0.6 is 23.2 Å². The molecule has 2 rings (SSSR count). The zero-order valence-corrected chi connectivity index (χ0v) is 14.8. The number of non-ortho nitro benzene ring substituents is 1. The van der Waals surface area contributed by atoms with E-state index in [0.717, 1.165) is 0 Å². The number of rotatable bonds is 6. The molecule has 1 N–H and O–H groups in total. The maximum absolute atomic E-state index is 12.3. The molecule has 0 aromatic heterocycles. The molecule has 0 unspecified atom stereocenters. The van der Waals surface area contributed by atoms with E-state index in [1.165, 1.54) is 32.2 Å². The summed E-state index contributed by atoms with van der Waals surface area (Å²) in [6.07, 6.45) is -0.983. The van der Waals surface area contributed by atoms with Crippen LogP contribution in [0.25, 0.3) is 0 Å². The zero-order valence-electron chi connectivity index (χ0n) is 13.3. The van der Waals surface area contributed by atoms with E-state index in [1.54, 1.807) is 18.2 Å². The largest absolute Gasteiger partial charge is 0.493 e. The average Bonchev–Trinajstić information content (AvgIpc) is 2.57. The van der Waals surface area contributed by atoms with Crippen LogP contribution in [-0.4, -0.2) is 24.0 Å². The van der Waals surface area contributed by atoms with E-state index in [0.29, 0.717) is 0 Å². The molecule has 0 aliphatic rings. The van der Waals surface area contributed by atoms with Crippen molar-refractivity contribution in [2.24, 2.45) is 0 Å². The Balaban J connectivity index is 2.18. The summed E-state index contributed by atoms with van der Waals surface area (Å²) in [5.74, 6) is -0.186. The highest BCUT2D eigenvalue weighted by Crippen LogP contribution is 2.33. The van der Waals surface area contributed by atoms with Crippen LogP contribution in [0.5, 0.6) is 11.5 Å². The predicted molar refractivity (Wildman–Crippen MR) is 94.8 cm³/mol. The molecule has 2 aromatic rings. The second-order valence-electron chi connectivity index (χ2n) is 4.94. The van der Waals surface area contributed by atoms with Gasteiger partial charge in [-0.1, -0.05) is 29.3 Å². The second kappa shape index (κ2) is 8.04. The Morgan fingerprint density at radius 1 is 1.20 bits per heavy atom. The number of amides is 1. The summed E-state index contributed by atoms with van der Waals surface area (Å²) in [5, 5.41) is 14.0. The Morgan fingerprint density at radius 2 is 1.84 bits per heavy atom. The van der Waals surface area contributed by atoms with Gasteiger partial charge in [0, 0.05) is 6.07 Å². The highest BCUT2D eigenvalue weighted by atomic mass is 35.5. The summed E-state index contributed by atoms with van der Waals surface area (Å²) in [6.45, 7) is 1.48. The van der Waals surface area contributed by atoms with E-state index in [9.17, 15) is 14.9 Å². The lowest BCUT2D eigenvalue weighted by molar-refractivity contribution is -0.385. The molecular formula is C16H14Cl2N2O5. The van der Waals surface area contributed by atoms with Gasteiger partial charge in [0.25, 0.3) is 11.6 Å². The van der Waals surface area contributed by atoms with Crippen LogP contribution < -0.4 is 14.8 Å². The highest BCUT2D eigenvalue weighted by molar-refractivity contribution is 6.39. The molecule has 132 valence electrons. The van der Waals surface area contributed by atoms with Crippen molar-refractivity contribution in [3.8, 4) is 11.5 Å². The molecule has 0 saturated heterocycles. The minimum absolute atomic E-state index is 0.0737. The summed E-state index contributed by atoms with van der Waals surface area (Å²) in [4.78, 5) is 22.6. The molecule has 0 radical (unpaired) electrons. The van der Waals surface area contributed by atoms with Crippen LogP contribution in [0.4, 0.5) is 11.4 Å². The summed E-state index contributed by atoms with van der Waals surface area (Å²) in [6, 6.07) is 8.67. The third-order valence-corrected chi connectivity index (χ3v) is 3.87. The van der Waals surface area contributed by atoms with Gasteiger partial charge in [-0.2, -0.15) is 0 Å². The van der Waals surface area contributed by atoms with Gasteiger partial charge in [0.2, 0.25) is 0 Å². The van der Waals surface area contributed by atoms with Crippen LogP contribution in [0, 0.1) is 10.1 Å². The van der Waals surface area contributed by atoms with Crippen molar-refractivity contribution in [1.82, 2.24) is 0 Å². The molecule has 9 heteroatoms. The molecule has 0 aliphatic heterocycles. The van der Waals surface area contributed by atoms with Crippen molar-refractivity contribution in [3.05, 3.63) is 56.6 Å². The Bertz CT molecular complexity index is 793. The lowest BCUT2D eigenvalue weighted by Crippen LogP contribution is -2.30. The first-order valence-corrected chi connectivity index (χ1v) is 7.83. The fourth-order valence-corrected chi connectivity index (χ4v) is 2.45. The molecule has 0 spiro atoms. The van der Waals surface area contributed by atoms with E-state index < -0.39 is 16.9 Å². The number of hydrogen-bond acceptors (Lipinski definition) is 5. The zero-order chi connectivity index (χ0) is 18.6. The first-order chi connectivity index (χ1) is 11.8. The topological polar surface area (TPSA) is 90.7 Å². The van der Waals surface area contributed by atoms with Gasteiger partial charge < -0.3 is 14.8 Å². The number of benzene rings is 2. The normalized spacial score (nSPS) is 11.5. The fraction of sp³-hybridized carbons (Fsp3) is 0.188. The quantitative estimate of drug-likeness (QED) is 0.591. The Kier molecular flexibility index (Phi) is 6.06. The van der Waals surface area contributed by atoms with Gasteiger partial charge in [0.1, 0.15) is 0 Å². The number of nitro benzene ring substituents is 1. The number of halogens is 2. The maximum Gasteiger partial charge on any atom is 0.273 e. The number of nitro groups is 1. The molecule has 0 saturated carbocycles. The van der Waals surface area contributed by atoms with Crippen LogP contribution in [-0.2, 0) is 4.79 Å². The molecule has 7 nitrogen and oxygen atoms in total. The molecule has 1 atom stereocenters. The first kappa shape index (κ1) is 18.8. The van der Waals surface area contributed by atoms with Crippen LogP contribution in [0.1, 0.15) is 6.92 Å². The maximum atomic E-state index is 12.3. The van der Waals surface area contributed by atoms with Gasteiger partial charge in [-0.25, -0.2) is 0 Å². The molecule has 2 aromatic carbocycles. The standard InChI is InChI=1S/C16H14Cl2N2O5/c1-9(16(21)19-15-11(17)4-3-5-12(15)18)25-14-8-10(20(22)23)6-7-13(14)24-2/h3-9H,1-2H3,(H,19,21)/t9-/m0/s1.